The SMILES string of the molecule is CN(C)c1ccc(C(=O)OCC(=O)Nc2ccc(I)cc2)cc1. The van der Waals surface area contributed by atoms with Gasteiger partial charge in [-0.3, -0.25) is 4.79 Å². The predicted octanol–water partition coefficient (Wildman–Crippen LogP) is 3.15. The Bertz CT molecular complexity index is 682. The first-order valence-corrected chi connectivity index (χ1v) is 8.03. The zero-order valence-corrected chi connectivity index (χ0v) is 15.0. The molecule has 0 saturated heterocycles. The lowest BCUT2D eigenvalue weighted by molar-refractivity contribution is -0.119. The van der Waals surface area contributed by atoms with Crippen molar-refractivity contribution in [1.29, 1.82) is 0 Å². The van der Waals surface area contributed by atoms with Crippen molar-refractivity contribution >= 4 is 45.8 Å². The Balaban J connectivity index is 1.85. The zero-order valence-electron chi connectivity index (χ0n) is 12.9. The van der Waals surface area contributed by atoms with E-state index in [0.29, 0.717) is 11.3 Å². The molecule has 0 atom stereocenters. The van der Waals surface area contributed by atoms with Gasteiger partial charge in [-0.1, -0.05) is 0 Å². The first-order chi connectivity index (χ1) is 11.0. The number of anilines is 2. The number of ether oxygens (including phenoxy) is 1. The number of rotatable bonds is 5. The number of hydrogen-bond donors (Lipinski definition) is 1. The summed E-state index contributed by atoms with van der Waals surface area (Å²) in [5, 5.41) is 2.67. The molecule has 0 bridgehead atoms. The topological polar surface area (TPSA) is 58.6 Å². The molecule has 1 N–H and O–H groups in total. The zero-order chi connectivity index (χ0) is 16.8. The summed E-state index contributed by atoms with van der Waals surface area (Å²) in [6.45, 7) is -0.319. The standard InChI is InChI=1S/C17H17IN2O3/c1-20(2)15-9-3-12(4-10-15)17(22)23-11-16(21)19-14-7-5-13(18)6-8-14/h3-10H,11H2,1-2H3,(H,19,21). The molecule has 0 fully saturated rings. The van der Waals surface area contributed by atoms with Crippen LogP contribution in [0.4, 0.5) is 11.4 Å². The summed E-state index contributed by atoms with van der Waals surface area (Å²) in [5.74, 6) is -0.891. The molecule has 0 unspecified atom stereocenters. The normalized spacial score (nSPS) is 10.0. The van der Waals surface area contributed by atoms with E-state index >= 15 is 0 Å². The number of hydrogen-bond acceptors (Lipinski definition) is 4. The molecule has 0 spiro atoms. The third-order valence-corrected chi connectivity index (χ3v) is 3.80. The van der Waals surface area contributed by atoms with Crippen LogP contribution in [0.3, 0.4) is 0 Å². The Labute approximate surface area is 148 Å². The van der Waals surface area contributed by atoms with Crippen LogP contribution in [-0.2, 0) is 9.53 Å². The van der Waals surface area contributed by atoms with Crippen LogP contribution in [-0.4, -0.2) is 32.6 Å². The number of nitrogens with one attached hydrogen (secondary N) is 1. The highest BCUT2D eigenvalue weighted by molar-refractivity contribution is 14.1. The van der Waals surface area contributed by atoms with Crippen LogP contribution in [0.2, 0.25) is 0 Å². The Kier molecular flexibility index (Phi) is 5.97. The van der Waals surface area contributed by atoms with Crippen LogP contribution in [0.1, 0.15) is 10.4 Å². The fourth-order valence-electron chi connectivity index (χ4n) is 1.84. The molecule has 0 aliphatic carbocycles. The highest BCUT2D eigenvalue weighted by atomic mass is 127. The fraction of sp³-hybridized carbons (Fsp3) is 0.176. The van der Waals surface area contributed by atoms with Crippen LogP contribution in [0.25, 0.3) is 0 Å². The quantitative estimate of drug-likeness (QED) is 0.592. The first kappa shape index (κ1) is 17.3. The van der Waals surface area contributed by atoms with E-state index in [4.69, 9.17) is 4.74 Å². The molecular formula is C17H17IN2O3. The average molecular weight is 424 g/mol. The molecule has 2 aromatic carbocycles. The van der Waals surface area contributed by atoms with Gasteiger partial charge in [0.15, 0.2) is 6.61 Å². The van der Waals surface area contributed by atoms with Gasteiger partial charge in [-0.2, -0.15) is 0 Å². The van der Waals surface area contributed by atoms with E-state index in [2.05, 4.69) is 27.9 Å². The van der Waals surface area contributed by atoms with Crippen molar-refractivity contribution in [1.82, 2.24) is 0 Å². The van der Waals surface area contributed by atoms with Crippen molar-refractivity contribution < 1.29 is 14.3 Å². The third-order valence-electron chi connectivity index (χ3n) is 3.08. The lowest BCUT2D eigenvalue weighted by atomic mass is 10.2. The largest absolute Gasteiger partial charge is 0.452 e. The molecule has 5 nitrogen and oxygen atoms in total. The van der Waals surface area contributed by atoms with Crippen LogP contribution < -0.4 is 10.2 Å². The molecule has 0 aliphatic rings. The lowest BCUT2D eigenvalue weighted by Gasteiger charge is -2.12. The molecule has 0 saturated carbocycles. The first-order valence-electron chi connectivity index (χ1n) is 6.95. The van der Waals surface area contributed by atoms with Crippen LogP contribution >= 0.6 is 22.6 Å². The monoisotopic (exact) mass is 424 g/mol. The second kappa shape index (κ2) is 7.96. The lowest BCUT2D eigenvalue weighted by Crippen LogP contribution is -2.21. The van der Waals surface area contributed by atoms with Crippen molar-refractivity contribution in [3.8, 4) is 0 Å². The van der Waals surface area contributed by atoms with E-state index in [9.17, 15) is 9.59 Å². The maximum atomic E-state index is 11.9. The summed E-state index contributed by atoms with van der Waals surface area (Å²) in [5.41, 5.74) is 2.07. The van der Waals surface area contributed by atoms with Gasteiger partial charge in [-0.25, -0.2) is 4.79 Å². The molecule has 0 aromatic heterocycles. The Morgan fingerprint density at radius 2 is 1.65 bits per heavy atom. The van der Waals surface area contributed by atoms with Crippen molar-refractivity contribution in [3.63, 3.8) is 0 Å². The molecule has 23 heavy (non-hydrogen) atoms. The number of esters is 1. The smallest absolute Gasteiger partial charge is 0.338 e. The van der Waals surface area contributed by atoms with Crippen LogP contribution in [0, 0.1) is 3.57 Å². The molecular weight excluding hydrogens is 407 g/mol. The highest BCUT2D eigenvalue weighted by Crippen LogP contribution is 2.13. The van der Waals surface area contributed by atoms with Crippen LogP contribution in [0.15, 0.2) is 48.5 Å². The Morgan fingerprint density at radius 1 is 1.04 bits per heavy atom. The summed E-state index contributed by atoms with van der Waals surface area (Å²) < 4.78 is 6.10. The number of carbonyl (C=O) groups excluding carboxylic acids is 2. The van der Waals surface area contributed by atoms with Crippen LogP contribution in [0.5, 0.6) is 0 Å². The summed E-state index contributed by atoms with van der Waals surface area (Å²) >= 11 is 2.18. The summed E-state index contributed by atoms with van der Waals surface area (Å²) in [6, 6.07) is 14.3. The van der Waals surface area contributed by atoms with E-state index in [-0.39, 0.29) is 12.5 Å². The molecule has 2 rings (SSSR count). The molecule has 2 aromatic rings. The van der Waals surface area contributed by atoms with Gasteiger partial charge in [-0.15, -0.1) is 0 Å². The number of halogens is 1. The molecule has 6 heteroatoms. The fourth-order valence-corrected chi connectivity index (χ4v) is 2.20. The van der Waals surface area contributed by atoms with Gasteiger partial charge < -0.3 is 15.0 Å². The van der Waals surface area contributed by atoms with Gasteiger partial charge in [0, 0.05) is 29.0 Å². The second-order valence-electron chi connectivity index (χ2n) is 5.07. The molecule has 0 radical (unpaired) electrons. The number of benzene rings is 2. The molecule has 0 aliphatic heterocycles. The molecule has 0 heterocycles. The number of amides is 1. The summed E-state index contributed by atoms with van der Waals surface area (Å²) in [7, 11) is 3.84. The van der Waals surface area contributed by atoms with Crippen molar-refractivity contribution in [2.45, 2.75) is 0 Å². The van der Waals surface area contributed by atoms with Gasteiger partial charge in [0.1, 0.15) is 0 Å². The van der Waals surface area contributed by atoms with E-state index in [0.717, 1.165) is 9.26 Å². The highest BCUT2D eigenvalue weighted by Gasteiger charge is 2.10. The molecule has 1 amide bonds. The maximum absolute atomic E-state index is 11.9. The molecule has 120 valence electrons. The average Bonchev–Trinajstić information content (AvgIpc) is 2.55. The van der Waals surface area contributed by atoms with E-state index in [1.807, 2.05) is 43.3 Å². The number of carbonyl (C=O) groups is 2. The number of nitrogens with zero attached hydrogens (tertiary/aromatic N) is 1. The van der Waals surface area contributed by atoms with Gasteiger partial charge in [0.25, 0.3) is 5.91 Å². The van der Waals surface area contributed by atoms with Crippen molar-refractivity contribution in [3.05, 3.63) is 57.7 Å². The summed E-state index contributed by atoms with van der Waals surface area (Å²) in [6.07, 6.45) is 0. The minimum absolute atomic E-state index is 0.319. The van der Waals surface area contributed by atoms with Gasteiger partial charge in [0.05, 0.1) is 5.56 Å². The van der Waals surface area contributed by atoms with Gasteiger partial charge in [-0.05, 0) is 71.1 Å². The Hall–Kier alpha value is -2.09. The van der Waals surface area contributed by atoms with Gasteiger partial charge >= 0.3 is 5.97 Å². The van der Waals surface area contributed by atoms with E-state index < -0.39 is 5.97 Å². The minimum Gasteiger partial charge on any atom is -0.452 e. The van der Waals surface area contributed by atoms with Crippen molar-refractivity contribution in [2.24, 2.45) is 0 Å². The van der Waals surface area contributed by atoms with E-state index in [1.54, 1.807) is 24.3 Å². The van der Waals surface area contributed by atoms with Gasteiger partial charge in [0.2, 0.25) is 0 Å². The predicted molar refractivity (Wildman–Crippen MR) is 98.8 cm³/mol. The third kappa shape index (κ3) is 5.24. The van der Waals surface area contributed by atoms with E-state index in [1.165, 1.54) is 0 Å². The second-order valence-corrected chi connectivity index (χ2v) is 6.32. The summed E-state index contributed by atoms with van der Waals surface area (Å²) in [4.78, 5) is 25.6. The maximum Gasteiger partial charge on any atom is 0.338 e. The van der Waals surface area contributed by atoms with Crippen molar-refractivity contribution in [2.75, 3.05) is 30.9 Å². The Morgan fingerprint density at radius 3 is 2.22 bits per heavy atom. The minimum atomic E-state index is -0.520.